The van der Waals surface area contributed by atoms with E-state index in [-0.39, 0.29) is 11.1 Å². The van der Waals surface area contributed by atoms with Gasteiger partial charge in [-0.05, 0) is 31.0 Å². The first-order chi connectivity index (χ1) is 7.40. The molecule has 0 aliphatic carbocycles. The first-order valence-corrected chi connectivity index (χ1v) is 4.99. The second-order valence-electron chi connectivity index (χ2n) is 3.45. The van der Waals surface area contributed by atoms with Crippen molar-refractivity contribution in [2.75, 3.05) is 7.11 Å². The number of carbonyl (C=O) groups is 1. The number of rotatable bonds is 2. The van der Waals surface area contributed by atoms with Gasteiger partial charge in [-0.2, -0.15) is 0 Å². The molecule has 0 spiro atoms. The largest absolute Gasteiger partial charge is 0.467 e. The third-order valence-corrected chi connectivity index (χ3v) is 2.78. The van der Waals surface area contributed by atoms with Crippen LogP contribution < -0.4 is 0 Å². The third-order valence-electron chi connectivity index (χ3n) is 2.39. The molecule has 0 heterocycles. The molecule has 0 saturated heterocycles. The minimum atomic E-state index is -1.65. The molecule has 1 unspecified atom stereocenters. The van der Waals surface area contributed by atoms with Crippen molar-refractivity contribution >= 4 is 17.6 Å². The van der Waals surface area contributed by atoms with Crippen LogP contribution in [0.25, 0.3) is 0 Å². The molecule has 16 heavy (non-hydrogen) atoms. The molecule has 1 aromatic rings. The lowest BCUT2D eigenvalue weighted by Gasteiger charge is -2.15. The fourth-order valence-electron chi connectivity index (χ4n) is 1.42. The summed E-state index contributed by atoms with van der Waals surface area (Å²) in [5.74, 6) is -1.55. The minimum Gasteiger partial charge on any atom is -0.467 e. The average Bonchev–Trinajstić information content (AvgIpc) is 2.25. The highest BCUT2D eigenvalue weighted by molar-refractivity contribution is 6.31. The number of hydrogen-bond acceptors (Lipinski definition) is 3. The first-order valence-electron chi connectivity index (χ1n) is 4.61. The van der Waals surface area contributed by atoms with Crippen molar-refractivity contribution in [1.82, 2.24) is 0 Å². The zero-order chi connectivity index (χ0) is 12.5. The molecular formula is C11H12ClFO3. The summed E-state index contributed by atoms with van der Waals surface area (Å²) in [7, 11) is 1.12. The van der Waals surface area contributed by atoms with Gasteiger partial charge in [0.1, 0.15) is 5.82 Å². The smallest absolute Gasteiger partial charge is 0.339 e. The van der Waals surface area contributed by atoms with E-state index in [9.17, 15) is 14.3 Å². The molecule has 0 amide bonds. The van der Waals surface area contributed by atoms with Gasteiger partial charge in [0.25, 0.3) is 0 Å². The fraction of sp³-hybridized carbons (Fsp3) is 0.364. The summed E-state index contributed by atoms with van der Waals surface area (Å²) in [6.07, 6.45) is -1.65. The molecule has 0 fully saturated rings. The maximum atomic E-state index is 13.8. The van der Waals surface area contributed by atoms with Gasteiger partial charge >= 0.3 is 5.97 Å². The van der Waals surface area contributed by atoms with Crippen LogP contribution >= 0.6 is 11.6 Å². The Hall–Kier alpha value is -1.13. The molecule has 0 aliphatic rings. The van der Waals surface area contributed by atoms with E-state index in [2.05, 4.69) is 4.74 Å². The van der Waals surface area contributed by atoms with Gasteiger partial charge in [-0.3, -0.25) is 0 Å². The quantitative estimate of drug-likeness (QED) is 0.815. The number of ether oxygens (including phenoxy) is 1. The normalized spacial score (nSPS) is 12.4. The van der Waals surface area contributed by atoms with Gasteiger partial charge in [-0.15, -0.1) is 0 Å². The van der Waals surface area contributed by atoms with E-state index in [0.717, 1.165) is 7.11 Å². The Bertz CT molecular complexity index is 405. The Morgan fingerprint density at radius 2 is 2.12 bits per heavy atom. The van der Waals surface area contributed by atoms with E-state index < -0.39 is 17.9 Å². The highest BCUT2D eigenvalue weighted by atomic mass is 35.5. The Morgan fingerprint density at radius 3 is 2.62 bits per heavy atom. The summed E-state index contributed by atoms with van der Waals surface area (Å²) in [6.45, 7) is 3.04. The average molecular weight is 247 g/mol. The van der Waals surface area contributed by atoms with Crippen LogP contribution in [0.3, 0.4) is 0 Å². The van der Waals surface area contributed by atoms with Gasteiger partial charge in [-0.1, -0.05) is 11.6 Å². The SMILES string of the molecule is COC(=O)C(O)c1c(C)c(Cl)cc(C)c1F. The third kappa shape index (κ3) is 2.18. The second kappa shape index (κ2) is 4.80. The van der Waals surface area contributed by atoms with Crippen molar-refractivity contribution in [3.8, 4) is 0 Å². The van der Waals surface area contributed by atoms with Crippen molar-refractivity contribution in [3.63, 3.8) is 0 Å². The summed E-state index contributed by atoms with van der Waals surface area (Å²) in [5.41, 5.74) is 0.480. The van der Waals surface area contributed by atoms with Crippen molar-refractivity contribution in [3.05, 3.63) is 33.6 Å². The lowest BCUT2D eigenvalue weighted by Crippen LogP contribution is -2.17. The van der Waals surface area contributed by atoms with Gasteiger partial charge in [0.2, 0.25) is 0 Å². The van der Waals surface area contributed by atoms with E-state index in [1.807, 2.05) is 0 Å². The van der Waals surface area contributed by atoms with E-state index in [1.165, 1.54) is 19.9 Å². The molecule has 0 aliphatic heterocycles. The monoisotopic (exact) mass is 246 g/mol. The lowest BCUT2D eigenvalue weighted by atomic mass is 9.99. The molecule has 88 valence electrons. The van der Waals surface area contributed by atoms with Gasteiger partial charge in [0.15, 0.2) is 6.10 Å². The molecule has 1 N–H and O–H groups in total. The molecule has 0 aromatic heterocycles. The van der Waals surface area contributed by atoms with Crippen molar-refractivity contribution in [2.45, 2.75) is 20.0 Å². The molecule has 5 heteroatoms. The Morgan fingerprint density at radius 1 is 1.56 bits per heavy atom. The topological polar surface area (TPSA) is 46.5 Å². The van der Waals surface area contributed by atoms with Gasteiger partial charge in [0, 0.05) is 10.6 Å². The van der Waals surface area contributed by atoms with Crippen LogP contribution in [0.2, 0.25) is 5.02 Å². The summed E-state index contributed by atoms with van der Waals surface area (Å²) >= 11 is 5.85. The maximum Gasteiger partial charge on any atom is 0.339 e. The second-order valence-corrected chi connectivity index (χ2v) is 3.86. The van der Waals surface area contributed by atoms with E-state index in [1.54, 1.807) is 0 Å². The molecular weight excluding hydrogens is 235 g/mol. The van der Waals surface area contributed by atoms with Crippen LogP contribution in [0.15, 0.2) is 6.07 Å². The molecule has 0 radical (unpaired) electrons. The molecule has 1 aromatic carbocycles. The molecule has 0 bridgehead atoms. The first kappa shape index (κ1) is 12.9. The van der Waals surface area contributed by atoms with Crippen LogP contribution in [0, 0.1) is 19.7 Å². The Kier molecular flexibility index (Phi) is 3.88. The summed E-state index contributed by atoms with van der Waals surface area (Å²) in [4.78, 5) is 11.2. The zero-order valence-corrected chi connectivity index (χ0v) is 9.93. The molecule has 3 nitrogen and oxygen atoms in total. The van der Waals surface area contributed by atoms with E-state index in [0.29, 0.717) is 10.6 Å². The summed E-state index contributed by atoms with van der Waals surface area (Å²) in [5, 5.41) is 9.93. The number of esters is 1. The molecule has 1 rings (SSSR count). The predicted octanol–water partition coefficient (Wildman–Crippen LogP) is 2.30. The standard InChI is InChI=1S/C11H12ClFO3/c1-5-4-7(12)6(2)8(9(5)13)10(14)11(15)16-3/h4,10,14H,1-3H3. The number of aliphatic hydroxyl groups excluding tert-OH is 1. The number of aryl methyl sites for hydroxylation is 1. The minimum absolute atomic E-state index is 0.128. The Balaban J connectivity index is 3.37. The fourth-order valence-corrected chi connectivity index (χ4v) is 1.69. The zero-order valence-electron chi connectivity index (χ0n) is 9.17. The van der Waals surface area contributed by atoms with Gasteiger partial charge in [0.05, 0.1) is 7.11 Å². The number of benzene rings is 1. The number of methoxy groups -OCH3 is 1. The highest BCUT2D eigenvalue weighted by Crippen LogP contribution is 2.30. The van der Waals surface area contributed by atoms with Crippen LogP contribution in [0.1, 0.15) is 22.8 Å². The van der Waals surface area contributed by atoms with Crippen molar-refractivity contribution in [2.24, 2.45) is 0 Å². The van der Waals surface area contributed by atoms with Gasteiger partial charge in [-0.25, -0.2) is 9.18 Å². The number of halogens is 2. The number of hydrogen-bond donors (Lipinski definition) is 1. The summed E-state index contributed by atoms with van der Waals surface area (Å²) in [6, 6.07) is 1.44. The lowest BCUT2D eigenvalue weighted by molar-refractivity contribution is -0.150. The van der Waals surface area contributed by atoms with Crippen LogP contribution in [0.5, 0.6) is 0 Å². The number of aliphatic hydroxyl groups is 1. The number of carbonyl (C=O) groups excluding carboxylic acids is 1. The van der Waals surface area contributed by atoms with Crippen LogP contribution in [-0.4, -0.2) is 18.2 Å². The predicted molar refractivity (Wildman–Crippen MR) is 57.9 cm³/mol. The Labute approximate surface area is 97.8 Å². The van der Waals surface area contributed by atoms with Crippen molar-refractivity contribution in [1.29, 1.82) is 0 Å². The molecule has 0 saturated carbocycles. The van der Waals surface area contributed by atoms with Crippen LogP contribution in [-0.2, 0) is 9.53 Å². The highest BCUT2D eigenvalue weighted by Gasteiger charge is 2.25. The van der Waals surface area contributed by atoms with E-state index in [4.69, 9.17) is 11.6 Å². The summed E-state index contributed by atoms with van der Waals surface area (Å²) < 4.78 is 18.1. The molecule has 1 atom stereocenters. The van der Waals surface area contributed by atoms with E-state index >= 15 is 0 Å². The van der Waals surface area contributed by atoms with Crippen molar-refractivity contribution < 1.29 is 19.0 Å². The van der Waals surface area contributed by atoms with Crippen LogP contribution in [0.4, 0.5) is 4.39 Å². The maximum absolute atomic E-state index is 13.8. The van der Waals surface area contributed by atoms with Gasteiger partial charge < -0.3 is 9.84 Å².